The lowest BCUT2D eigenvalue weighted by Gasteiger charge is -2.71. The number of carbonyl (C=O) groups is 1. The smallest absolute Gasteiger partial charge is 0.310 e. The third kappa shape index (κ3) is 2.95. The van der Waals surface area contributed by atoms with Crippen LogP contribution in [0, 0.1) is 50.2 Å². The summed E-state index contributed by atoms with van der Waals surface area (Å²) in [6, 6.07) is 0. The Bertz CT molecular complexity index is 952. The normalized spacial score (nSPS) is 54.4. The monoisotopic (exact) mass is 488 g/mol. The van der Waals surface area contributed by atoms with Crippen molar-refractivity contribution in [2.75, 3.05) is 0 Å². The Balaban J connectivity index is 1.63. The van der Waals surface area contributed by atoms with Crippen LogP contribution in [0.4, 0.5) is 0 Å². The molecule has 5 aliphatic carbocycles. The van der Waals surface area contributed by atoms with Crippen LogP contribution in [0.15, 0.2) is 11.6 Å². The molecule has 0 amide bonds. The molecule has 0 aromatic rings. The van der Waals surface area contributed by atoms with Gasteiger partial charge in [-0.3, -0.25) is 4.79 Å². The van der Waals surface area contributed by atoms with E-state index in [1.54, 1.807) is 0 Å². The summed E-state index contributed by atoms with van der Waals surface area (Å²) in [6.07, 6.45) is 6.54. The summed E-state index contributed by atoms with van der Waals surface area (Å²) in [4.78, 5) is 12.8. The lowest BCUT2D eigenvalue weighted by molar-refractivity contribution is -0.234. The number of rotatable bonds is 1. The molecule has 0 spiro atoms. The van der Waals surface area contributed by atoms with Crippen LogP contribution in [-0.4, -0.2) is 44.7 Å². The van der Waals surface area contributed by atoms with Gasteiger partial charge < -0.3 is 20.4 Å². The number of aliphatic hydroxyl groups is 3. The summed E-state index contributed by atoms with van der Waals surface area (Å²) in [6.45, 7) is 15.6. The van der Waals surface area contributed by atoms with Crippen LogP contribution >= 0.6 is 0 Å². The zero-order chi connectivity index (χ0) is 26.0. The molecule has 0 bridgehead atoms. The SMILES string of the molecule is CC1(C)CC[C@]2(C(=O)O)CC[C@]3(C)C(=CC[C@@H]4[C@@]5(C)C[C@@H](O)[C@H](O)C(C)(C)[C@@H]5CC[C@]43C)[C@H]2[C@@H]1O. The Morgan fingerprint density at radius 2 is 1.49 bits per heavy atom. The average Bonchev–Trinajstić information content (AvgIpc) is 2.75. The maximum atomic E-state index is 12.8. The van der Waals surface area contributed by atoms with E-state index in [4.69, 9.17) is 0 Å². The quantitative estimate of drug-likeness (QED) is 0.382. The van der Waals surface area contributed by atoms with Gasteiger partial charge in [0, 0.05) is 5.92 Å². The van der Waals surface area contributed by atoms with Gasteiger partial charge in [-0.05, 0) is 90.3 Å². The lowest BCUT2D eigenvalue weighted by Crippen LogP contribution is -2.68. The van der Waals surface area contributed by atoms with Gasteiger partial charge in [0.25, 0.3) is 0 Å². The number of fused-ring (bicyclic) bond motifs is 7. The molecule has 4 N–H and O–H groups in total. The van der Waals surface area contributed by atoms with Gasteiger partial charge in [-0.15, -0.1) is 0 Å². The fraction of sp³-hybridized carbons (Fsp3) is 0.900. The Hall–Kier alpha value is -0.910. The first-order valence-corrected chi connectivity index (χ1v) is 14.0. The van der Waals surface area contributed by atoms with Crippen molar-refractivity contribution in [1.29, 1.82) is 0 Å². The van der Waals surface area contributed by atoms with Gasteiger partial charge in [-0.1, -0.05) is 60.1 Å². The maximum absolute atomic E-state index is 12.8. The van der Waals surface area contributed by atoms with Crippen LogP contribution in [0.5, 0.6) is 0 Å². The average molecular weight is 489 g/mol. The highest BCUT2D eigenvalue weighted by Crippen LogP contribution is 2.75. The largest absolute Gasteiger partial charge is 0.481 e. The molecular weight excluding hydrogens is 440 g/mol. The van der Waals surface area contributed by atoms with E-state index in [9.17, 15) is 25.2 Å². The van der Waals surface area contributed by atoms with Crippen LogP contribution in [0.2, 0.25) is 0 Å². The van der Waals surface area contributed by atoms with E-state index in [0.717, 1.165) is 32.1 Å². The summed E-state index contributed by atoms with van der Waals surface area (Å²) in [5.74, 6) is -0.420. The molecule has 35 heavy (non-hydrogen) atoms. The molecule has 5 aliphatic rings. The molecule has 4 saturated carbocycles. The number of carboxylic acids is 1. The van der Waals surface area contributed by atoms with Crippen molar-refractivity contribution in [3.05, 3.63) is 11.6 Å². The molecule has 0 saturated heterocycles. The van der Waals surface area contributed by atoms with Crippen molar-refractivity contribution >= 4 is 5.97 Å². The molecular formula is C30H48O5. The summed E-state index contributed by atoms with van der Waals surface area (Å²) < 4.78 is 0. The van der Waals surface area contributed by atoms with E-state index >= 15 is 0 Å². The van der Waals surface area contributed by atoms with E-state index in [1.165, 1.54) is 5.57 Å². The van der Waals surface area contributed by atoms with E-state index in [-0.39, 0.29) is 33.0 Å². The van der Waals surface area contributed by atoms with E-state index in [0.29, 0.717) is 31.1 Å². The number of hydrogen-bond donors (Lipinski definition) is 4. The topological polar surface area (TPSA) is 98.0 Å². The highest BCUT2D eigenvalue weighted by atomic mass is 16.4. The molecule has 0 aliphatic heterocycles. The van der Waals surface area contributed by atoms with Crippen molar-refractivity contribution in [3.63, 3.8) is 0 Å². The maximum Gasteiger partial charge on any atom is 0.310 e. The predicted octanol–water partition coefficient (Wildman–Crippen LogP) is 5.18. The fourth-order valence-corrected chi connectivity index (χ4v) is 10.7. The Kier molecular flexibility index (Phi) is 5.40. The van der Waals surface area contributed by atoms with E-state index in [2.05, 4.69) is 54.5 Å². The summed E-state index contributed by atoms with van der Waals surface area (Å²) in [7, 11) is 0. The van der Waals surface area contributed by atoms with Crippen LogP contribution in [0.25, 0.3) is 0 Å². The zero-order valence-electron chi connectivity index (χ0n) is 22.9. The number of aliphatic carboxylic acids is 1. The number of allylic oxidation sites excluding steroid dienone is 1. The first kappa shape index (κ1) is 25.7. The second-order valence-electron chi connectivity index (χ2n) is 15.2. The minimum Gasteiger partial charge on any atom is -0.481 e. The van der Waals surface area contributed by atoms with Crippen molar-refractivity contribution in [2.45, 2.75) is 118 Å². The minimum atomic E-state index is -0.877. The summed E-state index contributed by atoms with van der Waals surface area (Å²) in [5.41, 5.74) is -0.684. The van der Waals surface area contributed by atoms with Gasteiger partial charge in [0.15, 0.2) is 0 Å². The first-order valence-electron chi connectivity index (χ1n) is 14.0. The third-order valence-electron chi connectivity index (χ3n) is 13.2. The van der Waals surface area contributed by atoms with Crippen molar-refractivity contribution in [2.24, 2.45) is 50.2 Å². The first-order chi connectivity index (χ1) is 16.0. The Morgan fingerprint density at radius 3 is 2.11 bits per heavy atom. The number of hydrogen-bond acceptors (Lipinski definition) is 4. The highest BCUT2D eigenvalue weighted by Gasteiger charge is 2.71. The molecule has 0 aromatic carbocycles. The Morgan fingerprint density at radius 1 is 0.857 bits per heavy atom. The van der Waals surface area contributed by atoms with Crippen molar-refractivity contribution < 1.29 is 25.2 Å². The van der Waals surface area contributed by atoms with Gasteiger partial charge in [-0.2, -0.15) is 0 Å². The minimum absolute atomic E-state index is 0.0492. The van der Waals surface area contributed by atoms with Gasteiger partial charge in [-0.25, -0.2) is 0 Å². The molecule has 0 radical (unpaired) electrons. The second-order valence-corrected chi connectivity index (χ2v) is 15.2. The van der Waals surface area contributed by atoms with E-state index < -0.39 is 29.7 Å². The molecule has 5 nitrogen and oxygen atoms in total. The van der Waals surface area contributed by atoms with Gasteiger partial charge in [0.05, 0.1) is 23.7 Å². The van der Waals surface area contributed by atoms with Crippen molar-refractivity contribution in [1.82, 2.24) is 0 Å². The second kappa shape index (κ2) is 7.35. The highest BCUT2D eigenvalue weighted by molar-refractivity contribution is 5.77. The van der Waals surface area contributed by atoms with Gasteiger partial charge in [0.1, 0.15) is 0 Å². The number of aliphatic hydroxyl groups excluding tert-OH is 3. The zero-order valence-corrected chi connectivity index (χ0v) is 22.9. The molecule has 5 rings (SSSR count). The van der Waals surface area contributed by atoms with Crippen LogP contribution < -0.4 is 0 Å². The predicted molar refractivity (Wildman–Crippen MR) is 135 cm³/mol. The van der Waals surface area contributed by atoms with Crippen LogP contribution in [0.1, 0.15) is 99.8 Å². The van der Waals surface area contributed by atoms with E-state index in [1.807, 2.05) is 0 Å². The Labute approximate surface area is 211 Å². The molecule has 0 heterocycles. The molecule has 10 atom stereocenters. The lowest BCUT2D eigenvalue weighted by atomic mass is 9.33. The molecule has 0 unspecified atom stereocenters. The summed E-state index contributed by atoms with van der Waals surface area (Å²) in [5, 5.41) is 44.1. The van der Waals surface area contributed by atoms with Crippen molar-refractivity contribution in [3.8, 4) is 0 Å². The molecule has 0 aromatic heterocycles. The van der Waals surface area contributed by atoms with Crippen LogP contribution in [-0.2, 0) is 4.79 Å². The number of carboxylic acid groups (broad SMARTS) is 1. The summed E-state index contributed by atoms with van der Waals surface area (Å²) >= 11 is 0. The third-order valence-corrected chi connectivity index (χ3v) is 13.2. The fourth-order valence-electron chi connectivity index (χ4n) is 10.7. The standard InChI is InChI=1S/C30H48O5/c1-25(2)12-14-30(24(34)35)15-13-28(6)17(21(30)23(25)33)8-9-20-27(5)16-18(31)22(32)26(3,4)19(27)10-11-29(20,28)7/h8,18-23,31-33H,9-16H2,1-7H3,(H,34,35)/t18-,19+,20-,21+,22+,23+,27+,28-,29-,30+/m1/s1. The molecule has 198 valence electrons. The van der Waals surface area contributed by atoms with Gasteiger partial charge >= 0.3 is 5.97 Å². The molecule has 4 fully saturated rings. The van der Waals surface area contributed by atoms with Crippen LogP contribution in [0.3, 0.4) is 0 Å². The van der Waals surface area contributed by atoms with Gasteiger partial charge in [0.2, 0.25) is 0 Å². The molecule has 5 heteroatoms.